The highest BCUT2D eigenvalue weighted by atomic mass is 32.2. The first-order valence-corrected chi connectivity index (χ1v) is 9.29. The highest BCUT2D eigenvalue weighted by molar-refractivity contribution is 7.90. The van der Waals surface area contributed by atoms with Crippen LogP contribution in [0.3, 0.4) is 0 Å². The molecule has 1 aromatic carbocycles. The second kappa shape index (κ2) is 9.22. The first-order chi connectivity index (χ1) is 10.4. The van der Waals surface area contributed by atoms with Crippen molar-refractivity contribution in [2.75, 3.05) is 24.4 Å². The Morgan fingerprint density at radius 2 is 1.70 bits per heavy atom. The van der Waals surface area contributed by atoms with Gasteiger partial charge in [0.05, 0.1) is 6.10 Å². The Morgan fingerprint density at radius 3 is 2.22 bits per heavy atom. The zero-order chi connectivity index (χ0) is 16.0. The third-order valence-electron chi connectivity index (χ3n) is 3.97. The van der Waals surface area contributed by atoms with E-state index in [4.69, 9.17) is 5.14 Å². The lowest BCUT2D eigenvalue weighted by atomic mass is 10.1. The van der Waals surface area contributed by atoms with E-state index in [-0.39, 0.29) is 7.43 Å². The smallest absolute Gasteiger partial charge is 0.296 e. The fourth-order valence-corrected chi connectivity index (χ4v) is 3.23. The summed E-state index contributed by atoms with van der Waals surface area (Å²) < 4.78 is 24.1. The van der Waals surface area contributed by atoms with Gasteiger partial charge in [0.25, 0.3) is 10.2 Å². The molecule has 0 radical (unpaired) electrons. The Labute approximate surface area is 139 Å². The van der Waals surface area contributed by atoms with Crippen LogP contribution in [0.5, 0.6) is 0 Å². The molecule has 0 amide bonds. The van der Waals surface area contributed by atoms with Gasteiger partial charge in [-0.25, -0.2) is 5.14 Å². The van der Waals surface area contributed by atoms with Crippen molar-refractivity contribution in [2.45, 2.75) is 45.6 Å². The summed E-state index contributed by atoms with van der Waals surface area (Å²) >= 11 is 0. The zero-order valence-corrected chi connectivity index (χ0v) is 13.6. The third-order valence-corrected chi connectivity index (χ3v) is 4.49. The number of hydrogen-bond donors (Lipinski definition) is 3. The SMILES string of the molecule is C.NS(=O)(=O)Nc1ccc(C(O)CCN2CCCCCC2)cc1. The van der Waals surface area contributed by atoms with Crippen LogP contribution in [0.15, 0.2) is 24.3 Å². The number of nitrogens with one attached hydrogen (secondary N) is 1. The van der Waals surface area contributed by atoms with Crippen LogP contribution >= 0.6 is 0 Å². The molecule has 0 aliphatic carbocycles. The molecule has 1 aliphatic heterocycles. The number of likely N-dealkylation sites (tertiary alicyclic amines) is 1. The minimum absolute atomic E-state index is 0. The monoisotopic (exact) mass is 343 g/mol. The van der Waals surface area contributed by atoms with E-state index < -0.39 is 16.3 Å². The molecule has 1 heterocycles. The topological polar surface area (TPSA) is 95.7 Å². The van der Waals surface area contributed by atoms with Crippen molar-refractivity contribution < 1.29 is 13.5 Å². The van der Waals surface area contributed by atoms with E-state index in [1.54, 1.807) is 24.3 Å². The van der Waals surface area contributed by atoms with Crippen molar-refractivity contribution in [3.05, 3.63) is 29.8 Å². The van der Waals surface area contributed by atoms with Crippen LogP contribution in [0, 0.1) is 0 Å². The summed E-state index contributed by atoms with van der Waals surface area (Å²) in [7, 11) is -3.76. The molecule has 1 atom stereocenters. The van der Waals surface area contributed by atoms with Crippen LogP contribution in [-0.4, -0.2) is 38.1 Å². The number of aliphatic hydroxyl groups is 1. The predicted octanol–water partition coefficient (Wildman–Crippen LogP) is 2.24. The quantitative estimate of drug-likeness (QED) is 0.738. The molecular weight excluding hydrogens is 314 g/mol. The van der Waals surface area contributed by atoms with E-state index in [0.717, 1.165) is 25.2 Å². The highest BCUT2D eigenvalue weighted by Crippen LogP contribution is 2.20. The van der Waals surface area contributed by atoms with Crippen LogP contribution in [0.25, 0.3) is 0 Å². The average molecular weight is 343 g/mol. The molecule has 1 fully saturated rings. The third kappa shape index (κ3) is 7.30. The van der Waals surface area contributed by atoms with Gasteiger partial charge in [0.1, 0.15) is 0 Å². The molecule has 4 N–H and O–H groups in total. The second-order valence-electron chi connectivity index (χ2n) is 5.83. The largest absolute Gasteiger partial charge is 0.388 e. The molecule has 7 heteroatoms. The fraction of sp³-hybridized carbons (Fsp3) is 0.625. The minimum atomic E-state index is -3.76. The second-order valence-corrected chi connectivity index (χ2v) is 7.12. The van der Waals surface area contributed by atoms with Gasteiger partial charge in [-0.2, -0.15) is 8.42 Å². The van der Waals surface area contributed by atoms with Crippen molar-refractivity contribution >= 4 is 15.9 Å². The normalized spacial score (nSPS) is 17.8. The van der Waals surface area contributed by atoms with Gasteiger partial charge in [-0.15, -0.1) is 0 Å². The minimum Gasteiger partial charge on any atom is -0.388 e. The summed E-state index contributed by atoms with van der Waals surface area (Å²) in [6.07, 6.45) is 5.23. The Kier molecular flexibility index (Phi) is 7.98. The molecule has 132 valence electrons. The van der Waals surface area contributed by atoms with Crippen LogP contribution in [0.2, 0.25) is 0 Å². The lowest BCUT2D eigenvalue weighted by molar-refractivity contribution is 0.143. The standard InChI is InChI=1S/C15H25N3O3S.CH4/c16-22(20,21)17-14-7-5-13(6-8-14)15(19)9-12-18-10-3-1-2-4-11-18;/h5-8,15,17,19H,1-4,9-12H2,(H2,16,20,21);1H4. The number of rotatable bonds is 6. The fourth-order valence-electron chi connectivity index (χ4n) is 2.77. The van der Waals surface area contributed by atoms with E-state index in [9.17, 15) is 13.5 Å². The molecule has 23 heavy (non-hydrogen) atoms. The maximum atomic E-state index is 10.9. The van der Waals surface area contributed by atoms with Gasteiger partial charge in [-0.05, 0) is 50.0 Å². The van der Waals surface area contributed by atoms with Gasteiger partial charge in [-0.1, -0.05) is 32.4 Å². The van der Waals surface area contributed by atoms with E-state index in [1.165, 1.54) is 25.7 Å². The van der Waals surface area contributed by atoms with Gasteiger partial charge >= 0.3 is 0 Å². The van der Waals surface area contributed by atoms with Gasteiger partial charge in [0.15, 0.2) is 0 Å². The van der Waals surface area contributed by atoms with Gasteiger partial charge < -0.3 is 10.0 Å². The number of anilines is 1. The molecular formula is C16H29N3O3S. The molecule has 1 aliphatic rings. The van der Waals surface area contributed by atoms with E-state index in [0.29, 0.717) is 12.1 Å². The number of nitrogens with two attached hydrogens (primary N) is 1. The number of benzene rings is 1. The molecule has 1 saturated heterocycles. The maximum absolute atomic E-state index is 10.9. The number of aliphatic hydroxyl groups excluding tert-OH is 1. The molecule has 1 aromatic rings. The Bertz CT molecular complexity index is 552. The van der Waals surface area contributed by atoms with E-state index >= 15 is 0 Å². The summed E-state index contributed by atoms with van der Waals surface area (Å²) in [5, 5.41) is 15.2. The Balaban J connectivity index is 0.00000264. The van der Waals surface area contributed by atoms with Crippen LogP contribution < -0.4 is 9.86 Å². The summed E-state index contributed by atoms with van der Waals surface area (Å²) in [4.78, 5) is 2.41. The van der Waals surface area contributed by atoms with Crippen LogP contribution in [-0.2, 0) is 10.2 Å². The van der Waals surface area contributed by atoms with E-state index in [1.807, 2.05) is 0 Å². The lowest BCUT2D eigenvalue weighted by Crippen LogP contribution is -2.26. The van der Waals surface area contributed by atoms with Gasteiger partial charge in [-0.3, -0.25) is 4.72 Å². The van der Waals surface area contributed by atoms with Crippen molar-refractivity contribution in [3.63, 3.8) is 0 Å². The summed E-state index contributed by atoms with van der Waals surface area (Å²) in [6.45, 7) is 3.12. The Morgan fingerprint density at radius 1 is 1.13 bits per heavy atom. The van der Waals surface area contributed by atoms with E-state index in [2.05, 4.69) is 9.62 Å². The lowest BCUT2D eigenvalue weighted by Gasteiger charge is -2.21. The van der Waals surface area contributed by atoms with Crippen LogP contribution in [0.4, 0.5) is 5.69 Å². The van der Waals surface area contributed by atoms with Crippen molar-refractivity contribution in [3.8, 4) is 0 Å². The zero-order valence-electron chi connectivity index (χ0n) is 12.7. The molecule has 1 unspecified atom stereocenters. The van der Waals surface area contributed by atoms with Gasteiger partial charge in [0, 0.05) is 12.2 Å². The van der Waals surface area contributed by atoms with Gasteiger partial charge in [0.2, 0.25) is 0 Å². The first kappa shape index (κ1) is 19.9. The van der Waals surface area contributed by atoms with Crippen molar-refractivity contribution in [1.29, 1.82) is 0 Å². The first-order valence-electron chi connectivity index (χ1n) is 7.75. The van der Waals surface area contributed by atoms with Crippen molar-refractivity contribution in [2.24, 2.45) is 5.14 Å². The molecule has 2 rings (SSSR count). The average Bonchev–Trinajstić information content (AvgIpc) is 2.72. The summed E-state index contributed by atoms with van der Waals surface area (Å²) in [5.74, 6) is 0. The predicted molar refractivity (Wildman–Crippen MR) is 94.4 cm³/mol. The van der Waals surface area contributed by atoms with Crippen LogP contribution in [0.1, 0.15) is 51.2 Å². The molecule has 0 aromatic heterocycles. The summed E-state index contributed by atoms with van der Waals surface area (Å²) in [6, 6.07) is 6.66. The number of hydrogen-bond acceptors (Lipinski definition) is 4. The summed E-state index contributed by atoms with van der Waals surface area (Å²) in [5.41, 5.74) is 1.18. The molecule has 0 spiro atoms. The number of nitrogens with zero attached hydrogens (tertiary/aromatic N) is 1. The molecule has 6 nitrogen and oxygen atoms in total. The van der Waals surface area contributed by atoms with Crippen molar-refractivity contribution in [1.82, 2.24) is 4.90 Å². The molecule has 0 bridgehead atoms. The highest BCUT2D eigenvalue weighted by Gasteiger charge is 2.13. The maximum Gasteiger partial charge on any atom is 0.296 e. The molecule has 0 saturated carbocycles. The Hall–Kier alpha value is -1.15.